The van der Waals surface area contributed by atoms with E-state index in [4.69, 9.17) is 5.11 Å². The summed E-state index contributed by atoms with van der Waals surface area (Å²) in [6, 6.07) is 7.10. The molecule has 4 unspecified atom stereocenters. The summed E-state index contributed by atoms with van der Waals surface area (Å²) in [4.78, 5) is 23.4. The average molecular weight is 285 g/mol. The third-order valence-corrected chi connectivity index (χ3v) is 5.66. The third kappa shape index (κ3) is 2.04. The van der Waals surface area contributed by atoms with E-state index in [1.165, 1.54) is 19.3 Å². The number of nitrogens with one attached hydrogen (secondary N) is 1. The van der Waals surface area contributed by atoms with Crippen molar-refractivity contribution in [2.75, 3.05) is 0 Å². The zero-order valence-corrected chi connectivity index (χ0v) is 11.8. The predicted molar refractivity (Wildman–Crippen MR) is 76.8 cm³/mol. The standard InChI is InChI=1S/C17H19NO3/c19-13(8-9-3-1-2-4-12(9)17(20)21)18-16-14-10-5-6-11(7-10)15(14)16/h1-4,10-11,14-16H,5-8H2,(H,18,19)(H,20,21). The molecule has 2 bridgehead atoms. The summed E-state index contributed by atoms with van der Waals surface area (Å²) < 4.78 is 0. The summed E-state index contributed by atoms with van der Waals surface area (Å²) in [6.45, 7) is 0. The van der Waals surface area contributed by atoms with E-state index in [1.54, 1.807) is 24.3 Å². The molecule has 3 saturated carbocycles. The van der Waals surface area contributed by atoms with Gasteiger partial charge in [0, 0.05) is 6.04 Å². The van der Waals surface area contributed by atoms with E-state index in [0.717, 1.165) is 11.8 Å². The average Bonchev–Trinajstić information content (AvgIpc) is 2.83. The van der Waals surface area contributed by atoms with Crippen LogP contribution >= 0.6 is 0 Å². The van der Waals surface area contributed by atoms with Crippen LogP contribution in [-0.4, -0.2) is 23.0 Å². The molecule has 110 valence electrons. The Labute approximate surface area is 123 Å². The minimum atomic E-state index is -0.972. The number of carbonyl (C=O) groups is 2. The first-order valence-electron chi connectivity index (χ1n) is 7.75. The first kappa shape index (κ1) is 12.9. The van der Waals surface area contributed by atoms with Gasteiger partial charge in [-0.2, -0.15) is 0 Å². The fourth-order valence-corrected chi connectivity index (χ4v) is 4.81. The van der Waals surface area contributed by atoms with Crippen LogP contribution in [0.25, 0.3) is 0 Å². The third-order valence-electron chi connectivity index (χ3n) is 5.66. The van der Waals surface area contributed by atoms with E-state index in [9.17, 15) is 9.59 Å². The van der Waals surface area contributed by atoms with Gasteiger partial charge >= 0.3 is 5.97 Å². The van der Waals surface area contributed by atoms with Crippen LogP contribution in [0.4, 0.5) is 0 Å². The Bertz CT molecular complexity index is 596. The zero-order valence-electron chi connectivity index (χ0n) is 11.8. The number of carboxylic acids is 1. The molecule has 0 aliphatic heterocycles. The largest absolute Gasteiger partial charge is 0.478 e. The molecule has 3 fully saturated rings. The van der Waals surface area contributed by atoms with Crippen molar-refractivity contribution in [1.29, 1.82) is 0 Å². The fraction of sp³-hybridized carbons (Fsp3) is 0.529. The first-order chi connectivity index (χ1) is 10.1. The Kier molecular flexibility index (Phi) is 2.81. The van der Waals surface area contributed by atoms with Crippen LogP contribution < -0.4 is 5.32 Å². The number of hydrogen-bond donors (Lipinski definition) is 2. The molecule has 0 aromatic heterocycles. The van der Waals surface area contributed by atoms with Crippen LogP contribution in [0.1, 0.15) is 35.2 Å². The van der Waals surface area contributed by atoms with Crippen molar-refractivity contribution in [1.82, 2.24) is 5.32 Å². The predicted octanol–water partition coefficient (Wildman–Crippen LogP) is 2.09. The molecule has 0 spiro atoms. The summed E-state index contributed by atoms with van der Waals surface area (Å²) in [6.07, 6.45) is 4.19. The molecule has 1 amide bonds. The topological polar surface area (TPSA) is 66.4 Å². The number of benzene rings is 1. The smallest absolute Gasteiger partial charge is 0.335 e. The lowest BCUT2D eigenvalue weighted by atomic mass is 10.0. The maximum Gasteiger partial charge on any atom is 0.335 e. The Morgan fingerprint density at radius 3 is 2.48 bits per heavy atom. The van der Waals surface area contributed by atoms with Crippen LogP contribution in [0.15, 0.2) is 24.3 Å². The van der Waals surface area contributed by atoms with Crippen LogP contribution in [0.3, 0.4) is 0 Å². The van der Waals surface area contributed by atoms with Crippen LogP contribution in [-0.2, 0) is 11.2 Å². The number of rotatable bonds is 4. The van der Waals surface area contributed by atoms with Crippen molar-refractivity contribution in [3.05, 3.63) is 35.4 Å². The van der Waals surface area contributed by atoms with E-state index in [-0.39, 0.29) is 17.9 Å². The molecule has 0 radical (unpaired) electrons. The molecule has 0 saturated heterocycles. The molecular formula is C17H19NO3. The van der Waals surface area contributed by atoms with Crippen molar-refractivity contribution in [2.24, 2.45) is 23.7 Å². The Hall–Kier alpha value is -1.84. The maximum absolute atomic E-state index is 12.2. The molecule has 1 aromatic carbocycles. The van der Waals surface area contributed by atoms with Gasteiger partial charge in [-0.15, -0.1) is 0 Å². The number of aromatic carboxylic acids is 1. The number of carboxylic acid groups (broad SMARTS) is 1. The molecule has 1 aromatic rings. The lowest BCUT2D eigenvalue weighted by Crippen LogP contribution is -2.31. The Balaban J connectivity index is 1.40. The molecule has 2 N–H and O–H groups in total. The Morgan fingerprint density at radius 2 is 1.81 bits per heavy atom. The van der Waals surface area contributed by atoms with Crippen molar-refractivity contribution >= 4 is 11.9 Å². The van der Waals surface area contributed by atoms with E-state index in [2.05, 4.69) is 5.32 Å². The maximum atomic E-state index is 12.2. The summed E-state index contributed by atoms with van der Waals surface area (Å²) in [5.74, 6) is 2.07. The van der Waals surface area contributed by atoms with Gasteiger partial charge in [0.25, 0.3) is 0 Å². The second-order valence-corrected chi connectivity index (χ2v) is 6.72. The lowest BCUT2D eigenvalue weighted by Gasteiger charge is -2.11. The number of amides is 1. The lowest BCUT2D eigenvalue weighted by molar-refractivity contribution is -0.120. The molecule has 4 nitrogen and oxygen atoms in total. The van der Waals surface area contributed by atoms with Gasteiger partial charge in [0.15, 0.2) is 0 Å². The first-order valence-corrected chi connectivity index (χ1v) is 7.75. The highest BCUT2D eigenvalue weighted by Crippen LogP contribution is 2.65. The van der Waals surface area contributed by atoms with Crippen molar-refractivity contribution < 1.29 is 14.7 Å². The quantitative estimate of drug-likeness (QED) is 0.890. The molecule has 4 atom stereocenters. The van der Waals surface area contributed by atoms with Gasteiger partial charge in [-0.05, 0) is 54.6 Å². The summed E-state index contributed by atoms with van der Waals surface area (Å²) >= 11 is 0. The monoisotopic (exact) mass is 285 g/mol. The molecule has 0 heterocycles. The zero-order chi connectivity index (χ0) is 14.6. The minimum absolute atomic E-state index is 0.0394. The van der Waals surface area contributed by atoms with E-state index in [0.29, 0.717) is 23.4 Å². The van der Waals surface area contributed by atoms with Gasteiger partial charge in [0.05, 0.1) is 12.0 Å². The highest BCUT2D eigenvalue weighted by molar-refractivity contribution is 5.91. The highest BCUT2D eigenvalue weighted by atomic mass is 16.4. The van der Waals surface area contributed by atoms with Crippen molar-refractivity contribution in [3.8, 4) is 0 Å². The number of hydrogen-bond acceptors (Lipinski definition) is 2. The van der Waals surface area contributed by atoms with Gasteiger partial charge in [0.1, 0.15) is 0 Å². The van der Waals surface area contributed by atoms with Crippen LogP contribution in [0.2, 0.25) is 0 Å². The molecular weight excluding hydrogens is 266 g/mol. The summed E-state index contributed by atoms with van der Waals surface area (Å²) in [5.41, 5.74) is 0.819. The van der Waals surface area contributed by atoms with Crippen molar-refractivity contribution in [2.45, 2.75) is 31.7 Å². The van der Waals surface area contributed by atoms with Gasteiger partial charge < -0.3 is 10.4 Å². The van der Waals surface area contributed by atoms with Crippen LogP contribution in [0, 0.1) is 23.7 Å². The summed E-state index contributed by atoms with van der Waals surface area (Å²) in [7, 11) is 0. The van der Waals surface area contributed by atoms with E-state index >= 15 is 0 Å². The van der Waals surface area contributed by atoms with E-state index < -0.39 is 5.97 Å². The van der Waals surface area contributed by atoms with Gasteiger partial charge in [-0.1, -0.05) is 18.2 Å². The number of fused-ring (bicyclic) bond motifs is 5. The van der Waals surface area contributed by atoms with Gasteiger partial charge in [-0.25, -0.2) is 4.79 Å². The normalized spacial score (nSPS) is 35.3. The summed E-state index contributed by atoms with van der Waals surface area (Å²) in [5, 5.41) is 12.3. The molecule has 4 rings (SSSR count). The molecule has 4 heteroatoms. The molecule has 3 aliphatic carbocycles. The Morgan fingerprint density at radius 1 is 1.14 bits per heavy atom. The SMILES string of the molecule is O=C(Cc1ccccc1C(=O)O)NC1C2C3CCC(C3)C12. The molecule has 21 heavy (non-hydrogen) atoms. The van der Waals surface area contributed by atoms with Gasteiger partial charge in [0.2, 0.25) is 5.91 Å². The minimum Gasteiger partial charge on any atom is -0.478 e. The van der Waals surface area contributed by atoms with E-state index in [1.807, 2.05) is 0 Å². The van der Waals surface area contributed by atoms with Crippen molar-refractivity contribution in [3.63, 3.8) is 0 Å². The highest BCUT2D eigenvalue weighted by Gasteiger charge is 2.65. The fourth-order valence-electron chi connectivity index (χ4n) is 4.81. The number of carbonyl (C=O) groups excluding carboxylic acids is 1. The second-order valence-electron chi connectivity index (χ2n) is 6.72. The van der Waals surface area contributed by atoms with Crippen LogP contribution in [0.5, 0.6) is 0 Å². The second kappa shape index (κ2) is 4.58. The van der Waals surface area contributed by atoms with Gasteiger partial charge in [-0.3, -0.25) is 4.79 Å². The molecule has 3 aliphatic rings.